The van der Waals surface area contributed by atoms with E-state index in [0.717, 1.165) is 0 Å². The number of carboxylic acids is 2. The Labute approximate surface area is 160 Å². The van der Waals surface area contributed by atoms with E-state index in [4.69, 9.17) is 19.8 Å². The Morgan fingerprint density at radius 1 is 0.500 bits per heavy atom. The lowest BCUT2D eigenvalue weighted by atomic mass is 10.3. The lowest BCUT2D eigenvalue weighted by Gasteiger charge is -2.34. The molecule has 0 saturated carbocycles. The van der Waals surface area contributed by atoms with Crippen molar-refractivity contribution in [3.05, 3.63) is 0 Å². The first-order valence-electron chi connectivity index (χ1n) is 9.25. The number of hydrogen-bond donors (Lipinski definition) is 0. The third kappa shape index (κ3) is 15.1. The maximum atomic E-state index is 8.93. The first-order valence-corrected chi connectivity index (χ1v) is 9.25. The third-order valence-electron chi connectivity index (χ3n) is 5.53. The highest BCUT2D eigenvalue weighted by Crippen LogP contribution is 2.03. The van der Waals surface area contributed by atoms with Crippen LogP contribution >= 0.6 is 0 Å². The summed E-state index contributed by atoms with van der Waals surface area (Å²) in [7, 11) is 0. The normalized spacial score (nSPS) is 10.0. The van der Waals surface area contributed by atoms with Crippen LogP contribution in [0.3, 0.4) is 0 Å². The zero-order valence-corrected chi connectivity index (χ0v) is 18.2. The van der Waals surface area contributed by atoms with E-state index in [9.17, 15) is 0 Å². The predicted octanol–water partition coefficient (Wildman–Crippen LogP) is -1.40. The van der Waals surface area contributed by atoms with Gasteiger partial charge in [-0.15, -0.1) is 0 Å². The summed E-state index contributed by atoms with van der Waals surface area (Å²) in [5, 5.41) is 17.9. The minimum absolute atomic E-state index is 0. The monoisotopic (exact) mass is 384 g/mol. The van der Waals surface area contributed by atoms with Crippen LogP contribution in [0.5, 0.6) is 0 Å². The van der Waals surface area contributed by atoms with Gasteiger partial charge in [0.2, 0.25) is 0 Å². The van der Waals surface area contributed by atoms with E-state index < -0.39 is 11.9 Å². The van der Waals surface area contributed by atoms with E-state index in [1.54, 1.807) is 0 Å². The smallest absolute Gasteiger partial charge is 0.0870 e. The molecule has 162 valence electrons. The second-order valence-electron chi connectivity index (χ2n) is 5.79. The molecule has 0 rings (SSSR count). The minimum atomic E-state index is -2.19. The summed E-state index contributed by atoms with van der Waals surface area (Å²) in [5.74, 6) is -4.37. The first-order chi connectivity index (χ1) is 11.1. The zero-order valence-electron chi connectivity index (χ0n) is 18.2. The number of carbonyl (C=O) groups is 2. The number of rotatable bonds is 8. The van der Waals surface area contributed by atoms with Gasteiger partial charge in [-0.3, -0.25) is 0 Å². The van der Waals surface area contributed by atoms with Crippen LogP contribution in [0.15, 0.2) is 0 Å². The first kappa shape index (κ1) is 35.8. The van der Waals surface area contributed by atoms with Crippen LogP contribution in [-0.4, -0.2) is 84.2 Å². The maximum absolute atomic E-state index is 8.93. The van der Waals surface area contributed by atoms with Gasteiger partial charge in [-0.1, -0.05) is 0 Å². The summed E-state index contributed by atoms with van der Waals surface area (Å²) in [6.07, 6.45) is 0. The molecule has 0 aromatic carbocycles. The van der Waals surface area contributed by atoms with E-state index in [1.807, 2.05) is 0 Å². The van der Waals surface area contributed by atoms with Gasteiger partial charge in [0.1, 0.15) is 0 Å². The molecule has 4 N–H and O–H groups in total. The Hall–Kier alpha value is -1.22. The molecule has 0 fully saturated rings. The highest BCUT2D eigenvalue weighted by molar-refractivity contribution is 6.25. The Kier molecular flexibility index (Phi) is 27.7. The number of hydrogen-bond acceptors (Lipinski definition) is 4. The average molecular weight is 385 g/mol. The Morgan fingerprint density at radius 3 is 0.615 bits per heavy atom. The van der Waals surface area contributed by atoms with Crippen molar-refractivity contribution in [1.82, 2.24) is 0 Å². The van der Waals surface area contributed by atoms with Gasteiger partial charge in [0.25, 0.3) is 0 Å². The van der Waals surface area contributed by atoms with Crippen molar-refractivity contribution in [2.24, 2.45) is 0 Å². The maximum Gasteiger partial charge on any atom is 0.0870 e. The molecule has 0 unspecified atom stereocenters. The van der Waals surface area contributed by atoms with Crippen LogP contribution in [0.4, 0.5) is 0 Å². The Balaban J connectivity index is -0.0000000834. The molecule has 8 heteroatoms. The lowest BCUT2D eigenvalue weighted by Crippen LogP contribution is -2.47. The molecular weight excluding hydrogens is 340 g/mol. The lowest BCUT2D eigenvalue weighted by molar-refractivity contribution is -0.921. The molecule has 0 aromatic heterocycles. The quantitative estimate of drug-likeness (QED) is 0.374. The van der Waals surface area contributed by atoms with Crippen LogP contribution in [0, 0.1) is 0 Å². The van der Waals surface area contributed by atoms with Gasteiger partial charge < -0.3 is 39.7 Å². The van der Waals surface area contributed by atoms with Gasteiger partial charge >= 0.3 is 0 Å². The highest BCUT2D eigenvalue weighted by atomic mass is 16.4. The SMILES string of the molecule is CC[N+](CC)(CC)CC.CC[N+](CC)(CC)CC.O.O.O=C([O-])C(=O)[O-]. The summed E-state index contributed by atoms with van der Waals surface area (Å²) >= 11 is 0. The van der Waals surface area contributed by atoms with Crippen molar-refractivity contribution in [3.63, 3.8) is 0 Å². The van der Waals surface area contributed by atoms with Crippen molar-refractivity contribution in [3.8, 4) is 0 Å². The van der Waals surface area contributed by atoms with Crippen molar-refractivity contribution < 1.29 is 39.7 Å². The van der Waals surface area contributed by atoms with Crippen LogP contribution in [-0.2, 0) is 9.59 Å². The zero-order chi connectivity index (χ0) is 19.8. The summed E-state index contributed by atoms with van der Waals surface area (Å²) < 4.78 is 2.56. The molecule has 0 aliphatic rings. The van der Waals surface area contributed by atoms with Crippen molar-refractivity contribution in [2.75, 3.05) is 52.4 Å². The Bertz CT molecular complexity index is 263. The second kappa shape index (κ2) is 20.1. The van der Waals surface area contributed by atoms with Crippen LogP contribution in [0.25, 0.3) is 0 Å². The van der Waals surface area contributed by atoms with Gasteiger partial charge in [-0.25, -0.2) is 0 Å². The average Bonchev–Trinajstić information content (AvgIpc) is 2.61. The fraction of sp³-hybridized carbons (Fsp3) is 0.889. The molecule has 0 amide bonds. The van der Waals surface area contributed by atoms with Crippen molar-refractivity contribution in [1.29, 1.82) is 0 Å². The van der Waals surface area contributed by atoms with Crippen LogP contribution < -0.4 is 10.2 Å². The molecular formula is C18H44N2O6. The molecule has 0 saturated heterocycles. The molecule has 8 nitrogen and oxygen atoms in total. The minimum Gasteiger partial charge on any atom is -0.543 e. The third-order valence-corrected chi connectivity index (χ3v) is 5.53. The van der Waals surface area contributed by atoms with E-state index in [1.165, 1.54) is 61.3 Å². The Morgan fingerprint density at radius 2 is 0.615 bits per heavy atom. The van der Waals surface area contributed by atoms with Gasteiger partial charge in [-0.05, 0) is 55.4 Å². The fourth-order valence-corrected chi connectivity index (χ4v) is 2.68. The summed E-state index contributed by atoms with van der Waals surface area (Å²) in [6, 6.07) is 0. The van der Waals surface area contributed by atoms with E-state index in [-0.39, 0.29) is 11.0 Å². The molecule has 0 aromatic rings. The number of nitrogens with zero attached hydrogens (tertiary/aromatic N) is 2. The number of carboxylic acid groups (broad SMARTS) is 2. The molecule has 0 spiro atoms. The summed E-state index contributed by atoms with van der Waals surface area (Å²) in [6.45, 7) is 28.4. The summed E-state index contributed by atoms with van der Waals surface area (Å²) in [4.78, 5) is 17.9. The molecule has 0 atom stereocenters. The number of aliphatic carboxylic acids is 2. The van der Waals surface area contributed by atoms with Crippen LogP contribution in [0.2, 0.25) is 0 Å². The van der Waals surface area contributed by atoms with Gasteiger partial charge in [-0.2, -0.15) is 0 Å². The highest BCUT2D eigenvalue weighted by Gasteiger charge is 2.16. The molecule has 0 aliphatic carbocycles. The molecule has 0 aliphatic heterocycles. The fourth-order valence-electron chi connectivity index (χ4n) is 2.68. The van der Waals surface area contributed by atoms with Gasteiger partial charge in [0, 0.05) is 0 Å². The van der Waals surface area contributed by atoms with E-state index >= 15 is 0 Å². The molecule has 26 heavy (non-hydrogen) atoms. The largest absolute Gasteiger partial charge is 0.543 e. The van der Waals surface area contributed by atoms with E-state index in [2.05, 4.69) is 55.4 Å². The van der Waals surface area contributed by atoms with E-state index in [0.29, 0.717) is 0 Å². The topological polar surface area (TPSA) is 143 Å². The van der Waals surface area contributed by atoms with Gasteiger partial charge in [0.15, 0.2) is 0 Å². The predicted molar refractivity (Wildman–Crippen MR) is 102 cm³/mol. The number of carbonyl (C=O) groups excluding carboxylic acids is 2. The standard InChI is InChI=1S/2C8H20N.C2H2O4.2H2O/c2*1-5-9(6-2,7-3)8-4;3-1(4)2(5)6;;/h2*5-8H2,1-4H3;(H,3,4)(H,5,6);2*1H2/q2*+1;;;/p-2. The van der Waals surface area contributed by atoms with Crippen molar-refractivity contribution >= 4 is 11.9 Å². The molecule has 0 bridgehead atoms. The molecule has 0 heterocycles. The summed E-state index contributed by atoms with van der Waals surface area (Å²) in [5.41, 5.74) is 0. The van der Waals surface area contributed by atoms with Crippen molar-refractivity contribution in [2.45, 2.75) is 55.4 Å². The van der Waals surface area contributed by atoms with Gasteiger partial charge in [0.05, 0.1) is 64.3 Å². The van der Waals surface area contributed by atoms with Crippen LogP contribution in [0.1, 0.15) is 55.4 Å². The number of quaternary nitrogens is 2. The second-order valence-corrected chi connectivity index (χ2v) is 5.79. The molecule has 0 radical (unpaired) electrons.